The van der Waals surface area contributed by atoms with Crippen molar-refractivity contribution in [2.75, 3.05) is 6.26 Å². The molecule has 1 atom stereocenters. The molecule has 4 nitrogen and oxygen atoms in total. The first-order valence-corrected chi connectivity index (χ1v) is 8.04. The van der Waals surface area contributed by atoms with Crippen molar-refractivity contribution >= 4 is 27.7 Å². The number of nitrogens with one attached hydrogen (secondary N) is 1. The number of nitrogens with two attached hydrogens (primary N) is 1. The molecule has 0 bridgehead atoms. The van der Waals surface area contributed by atoms with Crippen molar-refractivity contribution in [1.82, 2.24) is 15.2 Å². The highest BCUT2D eigenvalue weighted by molar-refractivity contribution is 9.10. The van der Waals surface area contributed by atoms with Crippen molar-refractivity contribution in [3.8, 4) is 0 Å². The molecule has 102 valence electrons. The van der Waals surface area contributed by atoms with Crippen LogP contribution in [0.1, 0.15) is 24.2 Å². The SMILES string of the molecule is CCn1ncc(Br)c1C(NN)c1ccc(SC)cc1. The third-order valence-corrected chi connectivity index (χ3v) is 4.38. The van der Waals surface area contributed by atoms with Gasteiger partial charge in [0.1, 0.15) is 0 Å². The Balaban J connectivity index is 2.40. The van der Waals surface area contributed by atoms with Crippen LogP contribution in [0.4, 0.5) is 0 Å². The number of nitrogens with zero attached hydrogens (tertiary/aromatic N) is 2. The molecule has 0 saturated carbocycles. The minimum absolute atomic E-state index is 0.0762. The second-order valence-corrected chi connectivity index (χ2v) is 5.80. The Morgan fingerprint density at radius 2 is 2.11 bits per heavy atom. The van der Waals surface area contributed by atoms with Gasteiger partial charge in [-0.15, -0.1) is 11.8 Å². The molecule has 2 rings (SSSR count). The molecule has 1 aromatic carbocycles. The van der Waals surface area contributed by atoms with E-state index in [4.69, 9.17) is 5.84 Å². The van der Waals surface area contributed by atoms with Crippen molar-refractivity contribution in [1.29, 1.82) is 0 Å². The van der Waals surface area contributed by atoms with E-state index in [2.05, 4.69) is 63.9 Å². The topological polar surface area (TPSA) is 55.9 Å². The van der Waals surface area contributed by atoms with Crippen molar-refractivity contribution in [2.45, 2.75) is 24.4 Å². The second kappa shape index (κ2) is 6.56. The third-order valence-electron chi connectivity index (χ3n) is 3.02. The zero-order valence-electron chi connectivity index (χ0n) is 10.9. The van der Waals surface area contributed by atoms with Gasteiger partial charge in [0.25, 0.3) is 0 Å². The summed E-state index contributed by atoms with van der Waals surface area (Å²) in [6.07, 6.45) is 3.87. The van der Waals surface area contributed by atoms with Crippen molar-refractivity contribution in [3.63, 3.8) is 0 Å². The Morgan fingerprint density at radius 1 is 1.42 bits per heavy atom. The van der Waals surface area contributed by atoms with Crippen LogP contribution in [0.3, 0.4) is 0 Å². The molecule has 2 aromatic rings. The average molecular weight is 341 g/mol. The molecule has 0 aliphatic carbocycles. The molecule has 6 heteroatoms. The molecule has 0 saturated heterocycles. The van der Waals surface area contributed by atoms with Crippen LogP contribution in [0, 0.1) is 0 Å². The first-order valence-electron chi connectivity index (χ1n) is 6.02. The monoisotopic (exact) mass is 340 g/mol. The van der Waals surface area contributed by atoms with Crippen LogP contribution < -0.4 is 11.3 Å². The van der Waals surface area contributed by atoms with Crippen LogP contribution in [0.5, 0.6) is 0 Å². The van der Waals surface area contributed by atoms with Gasteiger partial charge in [0, 0.05) is 11.4 Å². The molecular formula is C13H17BrN4S. The van der Waals surface area contributed by atoms with E-state index in [1.54, 1.807) is 18.0 Å². The number of hydrogen-bond acceptors (Lipinski definition) is 4. The first kappa shape index (κ1) is 14.6. The lowest BCUT2D eigenvalue weighted by molar-refractivity contribution is 0.541. The van der Waals surface area contributed by atoms with Gasteiger partial charge in [0.15, 0.2) is 0 Å². The molecule has 0 aliphatic heterocycles. The van der Waals surface area contributed by atoms with E-state index in [0.29, 0.717) is 0 Å². The predicted octanol–water partition coefficient (Wildman–Crippen LogP) is 2.94. The fraction of sp³-hybridized carbons (Fsp3) is 0.308. The Bertz CT molecular complexity index is 538. The Kier molecular flexibility index (Phi) is 5.04. The van der Waals surface area contributed by atoms with Gasteiger partial charge >= 0.3 is 0 Å². The van der Waals surface area contributed by atoms with E-state index in [-0.39, 0.29) is 6.04 Å². The van der Waals surface area contributed by atoms with E-state index in [1.165, 1.54) is 4.90 Å². The molecule has 19 heavy (non-hydrogen) atoms. The van der Waals surface area contributed by atoms with Gasteiger partial charge in [-0.2, -0.15) is 5.10 Å². The Hall–Kier alpha value is -0.820. The standard InChI is InChI=1S/C13H17BrN4S/c1-3-18-13(11(14)8-16-18)12(17-15)9-4-6-10(19-2)7-5-9/h4-8,12,17H,3,15H2,1-2H3. The van der Waals surface area contributed by atoms with Crippen LogP contribution >= 0.6 is 27.7 Å². The number of benzene rings is 1. The summed E-state index contributed by atoms with van der Waals surface area (Å²) >= 11 is 5.27. The molecule has 1 unspecified atom stereocenters. The minimum Gasteiger partial charge on any atom is -0.271 e. The van der Waals surface area contributed by atoms with Crippen LogP contribution in [-0.4, -0.2) is 16.0 Å². The quantitative estimate of drug-likeness (QED) is 0.499. The summed E-state index contributed by atoms with van der Waals surface area (Å²) in [5, 5.41) is 4.33. The molecule has 1 aromatic heterocycles. The lowest BCUT2D eigenvalue weighted by Crippen LogP contribution is -2.31. The van der Waals surface area contributed by atoms with Crippen LogP contribution in [0.25, 0.3) is 0 Å². The van der Waals surface area contributed by atoms with Gasteiger partial charge in [-0.3, -0.25) is 10.5 Å². The largest absolute Gasteiger partial charge is 0.271 e. The number of rotatable bonds is 5. The van der Waals surface area contributed by atoms with E-state index >= 15 is 0 Å². The molecule has 0 fully saturated rings. The van der Waals surface area contributed by atoms with Crippen LogP contribution in [0.2, 0.25) is 0 Å². The molecule has 0 amide bonds. The molecule has 3 N–H and O–H groups in total. The molecule has 0 spiro atoms. The number of hydrazine groups is 1. The van der Waals surface area contributed by atoms with E-state index in [9.17, 15) is 0 Å². The molecular weight excluding hydrogens is 324 g/mol. The maximum atomic E-state index is 5.74. The fourth-order valence-electron chi connectivity index (χ4n) is 2.04. The zero-order chi connectivity index (χ0) is 13.8. The van der Waals surface area contributed by atoms with Gasteiger partial charge in [0.05, 0.1) is 22.4 Å². The summed E-state index contributed by atoms with van der Waals surface area (Å²) in [6, 6.07) is 8.31. The summed E-state index contributed by atoms with van der Waals surface area (Å²) < 4.78 is 2.91. The normalized spacial score (nSPS) is 12.6. The lowest BCUT2D eigenvalue weighted by Gasteiger charge is -2.18. The van der Waals surface area contributed by atoms with Crippen molar-refractivity contribution < 1.29 is 0 Å². The van der Waals surface area contributed by atoms with Crippen molar-refractivity contribution in [2.24, 2.45) is 5.84 Å². The highest BCUT2D eigenvalue weighted by Gasteiger charge is 2.20. The number of aryl methyl sites for hydroxylation is 1. The predicted molar refractivity (Wildman–Crippen MR) is 83.0 cm³/mol. The zero-order valence-corrected chi connectivity index (χ0v) is 13.3. The van der Waals surface area contributed by atoms with Crippen molar-refractivity contribution in [3.05, 3.63) is 46.2 Å². The first-order chi connectivity index (χ1) is 9.21. The highest BCUT2D eigenvalue weighted by atomic mass is 79.9. The number of halogens is 1. The summed E-state index contributed by atoms with van der Waals surface area (Å²) in [7, 11) is 0. The molecule has 0 radical (unpaired) electrons. The summed E-state index contributed by atoms with van der Waals surface area (Å²) in [4.78, 5) is 1.24. The van der Waals surface area contributed by atoms with Gasteiger partial charge in [-0.05, 0) is 46.8 Å². The van der Waals surface area contributed by atoms with Gasteiger partial charge in [-0.1, -0.05) is 12.1 Å². The fourth-order valence-corrected chi connectivity index (χ4v) is 2.97. The number of aromatic nitrogens is 2. The molecule has 1 heterocycles. The minimum atomic E-state index is -0.0762. The summed E-state index contributed by atoms with van der Waals surface area (Å²) in [6.45, 7) is 2.87. The van der Waals surface area contributed by atoms with Gasteiger partial charge < -0.3 is 0 Å². The summed E-state index contributed by atoms with van der Waals surface area (Å²) in [5.74, 6) is 5.74. The average Bonchev–Trinajstić information content (AvgIpc) is 2.82. The second-order valence-electron chi connectivity index (χ2n) is 4.07. The van der Waals surface area contributed by atoms with Crippen LogP contribution in [0.15, 0.2) is 39.8 Å². The van der Waals surface area contributed by atoms with E-state index in [1.807, 2.05) is 4.68 Å². The highest BCUT2D eigenvalue weighted by Crippen LogP contribution is 2.29. The Morgan fingerprint density at radius 3 is 2.63 bits per heavy atom. The smallest absolute Gasteiger partial charge is 0.0889 e. The maximum absolute atomic E-state index is 5.74. The van der Waals surface area contributed by atoms with E-state index < -0.39 is 0 Å². The number of thioether (sulfide) groups is 1. The Labute approximate surface area is 125 Å². The number of hydrogen-bond donors (Lipinski definition) is 2. The molecule has 0 aliphatic rings. The summed E-state index contributed by atoms with van der Waals surface area (Å²) in [5.41, 5.74) is 5.04. The lowest BCUT2D eigenvalue weighted by atomic mass is 10.0. The maximum Gasteiger partial charge on any atom is 0.0889 e. The van der Waals surface area contributed by atoms with Crippen LogP contribution in [-0.2, 0) is 6.54 Å². The van der Waals surface area contributed by atoms with Gasteiger partial charge in [0.2, 0.25) is 0 Å². The van der Waals surface area contributed by atoms with Gasteiger partial charge in [-0.25, -0.2) is 5.43 Å². The third kappa shape index (κ3) is 3.02. The van der Waals surface area contributed by atoms with E-state index in [0.717, 1.165) is 22.3 Å².